The SMILES string of the molecule is CCOC(=O)c1sc(CC(=O)/C(C#N)=C/c2cn(Cc3cccc(Cl)c3)c3ccccc23)c(C(=O)OCC)c1C. The van der Waals surface area contributed by atoms with Crippen LogP contribution in [0.5, 0.6) is 0 Å². The predicted octanol–water partition coefficient (Wildman–Crippen LogP) is 6.79. The number of fused-ring (bicyclic) bond motifs is 1. The molecule has 0 saturated carbocycles. The van der Waals surface area contributed by atoms with Gasteiger partial charge in [0.15, 0.2) is 5.78 Å². The first kappa shape index (κ1) is 28.8. The molecule has 0 bridgehead atoms. The average molecular weight is 575 g/mol. The van der Waals surface area contributed by atoms with Crippen molar-refractivity contribution in [3.05, 3.63) is 97.3 Å². The predicted molar refractivity (Wildman–Crippen MR) is 156 cm³/mol. The molecule has 0 fully saturated rings. The topological polar surface area (TPSA) is 98.4 Å². The summed E-state index contributed by atoms with van der Waals surface area (Å²) < 4.78 is 12.4. The molecule has 204 valence electrons. The van der Waals surface area contributed by atoms with Gasteiger partial charge in [-0.25, -0.2) is 9.59 Å². The normalized spacial score (nSPS) is 11.3. The number of nitrogens with zero attached hydrogens (tertiary/aromatic N) is 2. The van der Waals surface area contributed by atoms with Crippen molar-refractivity contribution in [2.75, 3.05) is 13.2 Å². The third kappa shape index (κ3) is 6.17. The minimum absolute atomic E-state index is 0.0656. The van der Waals surface area contributed by atoms with Crippen LogP contribution in [-0.4, -0.2) is 35.5 Å². The fourth-order valence-corrected chi connectivity index (χ4v) is 5.88. The summed E-state index contributed by atoms with van der Waals surface area (Å²) >= 11 is 7.18. The third-order valence-electron chi connectivity index (χ3n) is 6.26. The molecule has 4 rings (SSSR count). The van der Waals surface area contributed by atoms with E-state index in [1.807, 2.05) is 65.4 Å². The molecule has 0 N–H and O–H groups in total. The van der Waals surface area contributed by atoms with Crippen molar-refractivity contribution in [3.63, 3.8) is 0 Å². The second kappa shape index (κ2) is 12.8. The molecule has 0 unspecified atom stereocenters. The number of aromatic nitrogens is 1. The van der Waals surface area contributed by atoms with Crippen molar-refractivity contribution in [3.8, 4) is 6.07 Å². The molecular weight excluding hydrogens is 548 g/mol. The molecule has 40 heavy (non-hydrogen) atoms. The minimum atomic E-state index is -0.624. The molecule has 0 atom stereocenters. The van der Waals surface area contributed by atoms with Crippen LogP contribution >= 0.6 is 22.9 Å². The maximum Gasteiger partial charge on any atom is 0.348 e. The zero-order valence-electron chi connectivity index (χ0n) is 22.3. The number of hydrogen-bond acceptors (Lipinski definition) is 7. The number of allylic oxidation sites excluding steroid dienone is 1. The van der Waals surface area contributed by atoms with Gasteiger partial charge in [-0.2, -0.15) is 5.26 Å². The number of esters is 2. The van der Waals surface area contributed by atoms with E-state index in [2.05, 4.69) is 0 Å². The molecule has 9 heteroatoms. The lowest BCUT2D eigenvalue weighted by atomic mass is 10.0. The summed E-state index contributed by atoms with van der Waals surface area (Å²) in [6.07, 6.45) is 3.23. The van der Waals surface area contributed by atoms with E-state index in [4.69, 9.17) is 21.1 Å². The highest BCUT2D eigenvalue weighted by atomic mass is 35.5. The van der Waals surface area contributed by atoms with Crippen molar-refractivity contribution < 1.29 is 23.9 Å². The Morgan fingerprint density at radius 2 is 1.77 bits per heavy atom. The summed E-state index contributed by atoms with van der Waals surface area (Å²) in [6, 6.07) is 17.3. The molecule has 4 aromatic rings. The number of carbonyl (C=O) groups is 3. The van der Waals surface area contributed by atoms with Crippen molar-refractivity contribution in [2.24, 2.45) is 0 Å². The zero-order chi connectivity index (χ0) is 28.8. The van der Waals surface area contributed by atoms with Crippen LogP contribution in [0.15, 0.2) is 60.3 Å². The van der Waals surface area contributed by atoms with Crippen LogP contribution in [0, 0.1) is 18.3 Å². The molecule has 2 aromatic heterocycles. The van der Waals surface area contributed by atoms with Gasteiger partial charge in [-0.1, -0.05) is 41.9 Å². The molecule has 0 radical (unpaired) electrons. The first-order valence-corrected chi connectivity index (χ1v) is 13.9. The highest BCUT2D eigenvalue weighted by Crippen LogP contribution is 2.32. The standard InChI is InChI=1S/C31H27ClN2O5S/c1-4-38-30(36)28-19(3)29(31(37)39-5-2)40-27(28)15-26(35)21(16-33)14-22-18-34(25-12-7-6-11-24(22)25)17-20-9-8-10-23(32)13-20/h6-14,18H,4-5,15,17H2,1-3H3/b21-14+. The van der Waals surface area contributed by atoms with Crippen molar-refractivity contribution in [1.29, 1.82) is 5.26 Å². The number of ketones is 1. The molecule has 0 aliphatic heterocycles. The fourth-order valence-electron chi connectivity index (χ4n) is 4.48. The van der Waals surface area contributed by atoms with E-state index < -0.39 is 17.7 Å². The van der Waals surface area contributed by atoms with Gasteiger partial charge in [0, 0.05) is 45.5 Å². The smallest absolute Gasteiger partial charge is 0.348 e. The fraction of sp³-hybridized carbons (Fsp3) is 0.226. The Labute approximate surface area is 241 Å². The van der Waals surface area contributed by atoms with E-state index >= 15 is 0 Å². The number of halogens is 1. The number of rotatable bonds is 10. The van der Waals surface area contributed by atoms with E-state index in [-0.39, 0.29) is 35.6 Å². The van der Waals surface area contributed by atoms with Gasteiger partial charge in [-0.15, -0.1) is 11.3 Å². The molecule has 0 saturated heterocycles. The van der Waals surface area contributed by atoms with E-state index in [9.17, 15) is 19.6 Å². The van der Waals surface area contributed by atoms with Gasteiger partial charge in [0.25, 0.3) is 0 Å². The molecule has 2 aromatic carbocycles. The van der Waals surface area contributed by atoms with Gasteiger partial charge in [0.05, 0.1) is 24.4 Å². The second-order valence-electron chi connectivity index (χ2n) is 8.92. The Kier molecular flexibility index (Phi) is 9.20. The third-order valence-corrected chi connectivity index (χ3v) is 7.77. The summed E-state index contributed by atoms with van der Waals surface area (Å²) in [7, 11) is 0. The summed E-state index contributed by atoms with van der Waals surface area (Å²) in [5.74, 6) is -1.67. The van der Waals surface area contributed by atoms with Gasteiger partial charge in [0.1, 0.15) is 10.9 Å². The van der Waals surface area contributed by atoms with Gasteiger partial charge < -0.3 is 14.0 Å². The number of carbonyl (C=O) groups excluding carboxylic acids is 3. The van der Waals surface area contributed by atoms with Crippen LogP contribution in [-0.2, 0) is 27.2 Å². The highest BCUT2D eigenvalue weighted by Gasteiger charge is 2.28. The highest BCUT2D eigenvalue weighted by molar-refractivity contribution is 7.14. The Morgan fingerprint density at radius 1 is 1.05 bits per heavy atom. The molecule has 2 heterocycles. The lowest BCUT2D eigenvalue weighted by Gasteiger charge is -2.06. The van der Waals surface area contributed by atoms with E-state index in [0.717, 1.165) is 27.8 Å². The number of para-hydroxylation sites is 1. The lowest BCUT2D eigenvalue weighted by Crippen LogP contribution is -2.12. The Hall–Kier alpha value is -4.19. The Balaban J connectivity index is 1.70. The lowest BCUT2D eigenvalue weighted by molar-refractivity contribution is -0.114. The summed E-state index contributed by atoms with van der Waals surface area (Å²) in [5, 5.41) is 11.5. The maximum absolute atomic E-state index is 13.4. The summed E-state index contributed by atoms with van der Waals surface area (Å²) in [6.45, 7) is 5.85. The van der Waals surface area contributed by atoms with E-state index in [1.54, 1.807) is 26.8 Å². The van der Waals surface area contributed by atoms with Gasteiger partial charge in [-0.05, 0) is 56.2 Å². The molecule has 0 amide bonds. The first-order chi connectivity index (χ1) is 19.3. The van der Waals surface area contributed by atoms with Crippen LogP contribution in [0.1, 0.15) is 55.4 Å². The second-order valence-corrected chi connectivity index (χ2v) is 10.5. The van der Waals surface area contributed by atoms with Gasteiger partial charge >= 0.3 is 11.9 Å². The first-order valence-electron chi connectivity index (χ1n) is 12.7. The maximum atomic E-state index is 13.4. The van der Waals surface area contributed by atoms with Crippen LogP contribution in [0.2, 0.25) is 5.02 Å². The molecule has 0 spiro atoms. The van der Waals surface area contributed by atoms with Gasteiger partial charge in [-0.3, -0.25) is 4.79 Å². The van der Waals surface area contributed by atoms with Crippen molar-refractivity contribution >= 4 is 57.6 Å². The van der Waals surface area contributed by atoms with E-state index in [0.29, 0.717) is 27.6 Å². The molecule has 0 aliphatic carbocycles. The Morgan fingerprint density at radius 3 is 2.48 bits per heavy atom. The van der Waals surface area contributed by atoms with Crippen molar-refractivity contribution in [2.45, 2.75) is 33.7 Å². The van der Waals surface area contributed by atoms with Crippen LogP contribution in [0.25, 0.3) is 17.0 Å². The summed E-state index contributed by atoms with van der Waals surface area (Å²) in [4.78, 5) is 39.2. The number of thiophene rings is 1. The number of ether oxygens (including phenoxy) is 2. The van der Waals surface area contributed by atoms with E-state index in [1.165, 1.54) is 0 Å². The monoisotopic (exact) mass is 574 g/mol. The van der Waals surface area contributed by atoms with Crippen molar-refractivity contribution in [1.82, 2.24) is 4.57 Å². The minimum Gasteiger partial charge on any atom is -0.462 e. The van der Waals surface area contributed by atoms with Crippen LogP contribution < -0.4 is 0 Å². The molecule has 7 nitrogen and oxygen atoms in total. The average Bonchev–Trinajstić information content (AvgIpc) is 3.44. The van der Waals surface area contributed by atoms with Crippen LogP contribution in [0.4, 0.5) is 0 Å². The number of benzene rings is 2. The summed E-state index contributed by atoms with van der Waals surface area (Å²) in [5.41, 5.74) is 3.16. The quantitative estimate of drug-likeness (QED) is 0.117. The van der Waals surface area contributed by atoms with Gasteiger partial charge in [0.2, 0.25) is 0 Å². The number of nitriles is 1. The molecular formula is C31H27ClN2O5S. The molecule has 0 aliphatic rings. The number of Topliss-reactive ketones (excluding diaryl/α,β-unsaturated/α-hetero) is 1. The number of hydrogen-bond donors (Lipinski definition) is 0. The Bertz CT molecular complexity index is 1670. The zero-order valence-corrected chi connectivity index (χ0v) is 23.9. The largest absolute Gasteiger partial charge is 0.462 e. The van der Waals surface area contributed by atoms with Crippen LogP contribution in [0.3, 0.4) is 0 Å².